The second kappa shape index (κ2) is 5.58. The Morgan fingerprint density at radius 3 is 2.96 bits per heavy atom. The van der Waals surface area contributed by atoms with Gasteiger partial charge in [-0.3, -0.25) is 14.4 Å². The van der Waals surface area contributed by atoms with Crippen LogP contribution in [-0.4, -0.2) is 57.3 Å². The molecule has 3 heterocycles. The fourth-order valence-electron chi connectivity index (χ4n) is 4.49. The van der Waals surface area contributed by atoms with Crippen molar-refractivity contribution in [3.63, 3.8) is 0 Å². The van der Waals surface area contributed by atoms with Gasteiger partial charge in [0.05, 0.1) is 31.1 Å². The average Bonchev–Trinajstić information content (AvgIpc) is 3.21. The summed E-state index contributed by atoms with van der Waals surface area (Å²) >= 11 is 0. The summed E-state index contributed by atoms with van der Waals surface area (Å²) in [5, 5.41) is 4.47. The Bertz CT molecular complexity index is 685. The van der Waals surface area contributed by atoms with Gasteiger partial charge >= 0.3 is 6.03 Å². The zero-order chi connectivity index (χ0) is 16.9. The number of aryl methyl sites for hydroxylation is 1. The molecule has 0 bridgehead atoms. The Labute approximate surface area is 141 Å². The maximum absolute atomic E-state index is 13.1. The van der Waals surface area contributed by atoms with E-state index < -0.39 is 5.54 Å². The number of carbonyl (C=O) groups is 2. The first-order valence-electron chi connectivity index (χ1n) is 8.76. The van der Waals surface area contributed by atoms with Crippen LogP contribution in [0.3, 0.4) is 0 Å². The lowest BCUT2D eigenvalue weighted by Crippen LogP contribution is -2.42. The minimum atomic E-state index is -0.647. The van der Waals surface area contributed by atoms with Crippen molar-refractivity contribution in [3.8, 4) is 0 Å². The van der Waals surface area contributed by atoms with Gasteiger partial charge in [0.2, 0.25) is 0 Å². The van der Waals surface area contributed by atoms with Crippen LogP contribution in [0.2, 0.25) is 0 Å². The minimum absolute atomic E-state index is 0.0395. The molecule has 24 heavy (non-hydrogen) atoms. The lowest BCUT2D eigenvalue weighted by molar-refractivity contribution is -0.133. The van der Waals surface area contributed by atoms with Gasteiger partial charge in [0, 0.05) is 13.7 Å². The first kappa shape index (κ1) is 15.6. The Kier molecular flexibility index (Phi) is 3.63. The van der Waals surface area contributed by atoms with E-state index >= 15 is 0 Å². The monoisotopic (exact) mass is 332 g/mol. The van der Waals surface area contributed by atoms with Gasteiger partial charge in [0.1, 0.15) is 5.54 Å². The Morgan fingerprint density at radius 2 is 2.21 bits per heavy atom. The van der Waals surface area contributed by atoms with Crippen LogP contribution in [0, 0.1) is 0 Å². The zero-order valence-corrected chi connectivity index (χ0v) is 14.3. The number of hydrogen-bond acceptors (Lipinski definition) is 4. The van der Waals surface area contributed by atoms with E-state index in [1.807, 2.05) is 17.8 Å². The third kappa shape index (κ3) is 2.03. The van der Waals surface area contributed by atoms with E-state index in [-0.39, 0.29) is 18.0 Å². The van der Waals surface area contributed by atoms with Gasteiger partial charge in [0.25, 0.3) is 5.91 Å². The summed E-state index contributed by atoms with van der Waals surface area (Å²) < 4.78 is 7.08. The minimum Gasteiger partial charge on any atom is -0.383 e. The SMILES string of the molecule is COCCn1ncc2c1[C@H](N1C(=O)N3CCC[C@@]3(C)C1=O)CCC2. The molecule has 1 aliphatic carbocycles. The summed E-state index contributed by atoms with van der Waals surface area (Å²) in [6.45, 7) is 3.79. The van der Waals surface area contributed by atoms with Crippen LogP contribution in [0.5, 0.6) is 0 Å². The Morgan fingerprint density at radius 1 is 1.38 bits per heavy atom. The molecular weight excluding hydrogens is 308 g/mol. The standard InChI is InChI=1S/C17H24N4O3/c1-17-7-4-8-19(17)16(23)21(15(17)22)13-6-3-5-12-11-18-20(14(12)13)9-10-24-2/h11,13H,3-10H2,1-2H3/t13-,17+/m1/s1. The van der Waals surface area contributed by atoms with Gasteiger partial charge < -0.3 is 9.64 Å². The fourth-order valence-corrected chi connectivity index (χ4v) is 4.49. The van der Waals surface area contributed by atoms with Crippen LogP contribution in [0.15, 0.2) is 6.20 Å². The van der Waals surface area contributed by atoms with E-state index in [2.05, 4.69) is 5.10 Å². The van der Waals surface area contributed by atoms with E-state index in [4.69, 9.17) is 4.74 Å². The second-order valence-corrected chi connectivity index (χ2v) is 7.17. The molecule has 0 aromatic carbocycles. The van der Waals surface area contributed by atoms with Gasteiger partial charge in [-0.05, 0) is 44.6 Å². The molecule has 130 valence electrons. The number of methoxy groups -OCH3 is 1. The van der Waals surface area contributed by atoms with Crippen LogP contribution in [-0.2, 0) is 22.5 Å². The van der Waals surface area contributed by atoms with Gasteiger partial charge in [-0.1, -0.05) is 0 Å². The van der Waals surface area contributed by atoms with Crippen molar-refractivity contribution >= 4 is 11.9 Å². The van der Waals surface area contributed by atoms with Gasteiger partial charge in [-0.25, -0.2) is 4.79 Å². The van der Waals surface area contributed by atoms with Crippen LogP contribution in [0.1, 0.15) is 49.9 Å². The molecule has 0 N–H and O–H groups in total. The van der Waals surface area contributed by atoms with Crippen molar-refractivity contribution < 1.29 is 14.3 Å². The number of nitrogens with zero attached hydrogens (tertiary/aromatic N) is 4. The molecule has 2 saturated heterocycles. The summed E-state index contributed by atoms with van der Waals surface area (Å²) in [5.74, 6) is -0.0395. The highest BCUT2D eigenvalue weighted by molar-refractivity contribution is 6.07. The third-order valence-electron chi connectivity index (χ3n) is 5.78. The topological polar surface area (TPSA) is 67.7 Å². The van der Waals surface area contributed by atoms with Crippen molar-refractivity contribution in [2.75, 3.05) is 20.3 Å². The quantitative estimate of drug-likeness (QED) is 0.788. The first-order valence-corrected chi connectivity index (χ1v) is 8.76. The molecule has 0 saturated carbocycles. The largest absolute Gasteiger partial charge is 0.383 e. The molecule has 0 spiro atoms. The maximum Gasteiger partial charge on any atom is 0.328 e. The average molecular weight is 332 g/mol. The van der Waals surface area contributed by atoms with E-state index in [0.717, 1.165) is 43.4 Å². The number of fused-ring (bicyclic) bond motifs is 2. The van der Waals surface area contributed by atoms with Gasteiger partial charge in [0.15, 0.2) is 0 Å². The highest BCUT2D eigenvalue weighted by Gasteiger charge is 2.58. The molecule has 7 nitrogen and oxygen atoms in total. The molecule has 1 aromatic heterocycles. The van der Waals surface area contributed by atoms with Crippen LogP contribution in [0.25, 0.3) is 0 Å². The van der Waals surface area contributed by atoms with Gasteiger partial charge in [-0.2, -0.15) is 5.10 Å². The molecule has 3 amide bonds. The number of ether oxygens (including phenoxy) is 1. The fraction of sp³-hybridized carbons (Fsp3) is 0.706. The predicted octanol–water partition coefficient (Wildman–Crippen LogP) is 1.72. The predicted molar refractivity (Wildman–Crippen MR) is 86.4 cm³/mol. The van der Waals surface area contributed by atoms with Crippen molar-refractivity contribution in [3.05, 3.63) is 17.5 Å². The van der Waals surface area contributed by atoms with Gasteiger partial charge in [-0.15, -0.1) is 0 Å². The lowest BCUT2D eigenvalue weighted by Gasteiger charge is -2.31. The summed E-state index contributed by atoms with van der Waals surface area (Å²) in [4.78, 5) is 29.3. The summed E-state index contributed by atoms with van der Waals surface area (Å²) in [6.07, 6.45) is 6.29. The number of hydrogen-bond donors (Lipinski definition) is 0. The van der Waals surface area contributed by atoms with Crippen LogP contribution >= 0.6 is 0 Å². The van der Waals surface area contributed by atoms with E-state index in [1.165, 1.54) is 4.90 Å². The second-order valence-electron chi connectivity index (χ2n) is 7.17. The molecule has 2 atom stereocenters. The summed E-state index contributed by atoms with van der Waals surface area (Å²) in [6, 6.07) is -0.326. The molecule has 2 aliphatic heterocycles. The lowest BCUT2D eigenvalue weighted by atomic mass is 9.91. The Hall–Kier alpha value is -1.89. The van der Waals surface area contributed by atoms with Crippen molar-refractivity contribution in [2.24, 2.45) is 0 Å². The van der Waals surface area contributed by atoms with E-state index in [0.29, 0.717) is 19.7 Å². The zero-order valence-electron chi connectivity index (χ0n) is 14.3. The normalized spacial score (nSPS) is 29.3. The van der Waals surface area contributed by atoms with Crippen molar-refractivity contribution in [1.29, 1.82) is 0 Å². The molecule has 1 aromatic rings. The molecule has 0 unspecified atom stereocenters. The maximum atomic E-state index is 13.1. The number of urea groups is 1. The summed E-state index contributed by atoms with van der Waals surface area (Å²) in [5.41, 5.74) is 1.52. The number of aromatic nitrogens is 2. The molecule has 7 heteroatoms. The van der Waals surface area contributed by atoms with Crippen molar-refractivity contribution in [2.45, 2.75) is 57.2 Å². The van der Waals surface area contributed by atoms with Crippen molar-refractivity contribution in [1.82, 2.24) is 19.6 Å². The molecule has 4 rings (SSSR count). The number of rotatable bonds is 4. The molecule has 3 aliphatic rings. The van der Waals surface area contributed by atoms with Crippen LogP contribution < -0.4 is 0 Å². The highest BCUT2D eigenvalue weighted by Crippen LogP contribution is 2.44. The number of carbonyl (C=O) groups excluding carboxylic acids is 2. The number of amides is 3. The highest BCUT2D eigenvalue weighted by atomic mass is 16.5. The Balaban J connectivity index is 1.70. The molecule has 2 fully saturated rings. The van der Waals surface area contributed by atoms with E-state index in [1.54, 1.807) is 12.0 Å². The summed E-state index contributed by atoms with van der Waals surface area (Å²) in [7, 11) is 1.66. The smallest absolute Gasteiger partial charge is 0.328 e. The third-order valence-corrected chi connectivity index (χ3v) is 5.78. The molecule has 0 radical (unpaired) electrons. The first-order chi connectivity index (χ1) is 11.6. The van der Waals surface area contributed by atoms with Crippen LogP contribution in [0.4, 0.5) is 4.79 Å². The number of imide groups is 1. The molecular formula is C17H24N4O3. The van der Waals surface area contributed by atoms with E-state index in [9.17, 15) is 9.59 Å².